The first-order chi connectivity index (χ1) is 14.3. The summed E-state index contributed by atoms with van der Waals surface area (Å²) in [5.74, 6) is 1.69. The van der Waals surface area contributed by atoms with Gasteiger partial charge in [-0.2, -0.15) is 0 Å². The van der Waals surface area contributed by atoms with Crippen LogP contribution in [-0.4, -0.2) is 57.8 Å². The van der Waals surface area contributed by atoms with Crippen molar-refractivity contribution in [1.82, 2.24) is 4.90 Å². The monoisotopic (exact) mass is 391 g/mol. The Morgan fingerprint density at radius 1 is 1.03 bits per heavy atom. The molecule has 4 heteroatoms. The SMILES string of the molecule is COc1ccccc1CCCN1CCC2C(C1)c1cccc3c1N2CCCN3C. The zero-order chi connectivity index (χ0) is 19.8. The Hall–Kier alpha value is -2.20. The fourth-order valence-corrected chi connectivity index (χ4v) is 5.80. The number of ether oxygens (including phenoxy) is 1. The number of aryl methyl sites for hydroxylation is 1. The van der Waals surface area contributed by atoms with Crippen molar-refractivity contribution in [1.29, 1.82) is 0 Å². The van der Waals surface area contributed by atoms with Gasteiger partial charge in [-0.1, -0.05) is 30.3 Å². The normalized spacial score (nSPS) is 23.5. The van der Waals surface area contributed by atoms with Crippen molar-refractivity contribution >= 4 is 11.4 Å². The van der Waals surface area contributed by atoms with Crippen molar-refractivity contribution < 1.29 is 4.74 Å². The molecule has 3 heterocycles. The average Bonchev–Trinajstić information content (AvgIpc) is 2.96. The van der Waals surface area contributed by atoms with E-state index in [0.717, 1.165) is 12.2 Å². The maximum atomic E-state index is 5.52. The van der Waals surface area contributed by atoms with Crippen molar-refractivity contribution in [2.24, 2.45) is 0 Å². The summed E-state index contributed by atoms with van der Waals surface area (Å²) >= 11 is 0. The minimum Gasteiger partial charge on any atom is -0.496 e. The summed E-state index contributed by atoms with van der Waals surface area (Å²) < 4.78 is 5.52. The first-order valence-corrected chi connectivity index (χ1v) is 11.2. The number of fused-ring (bicyclic) bond motifs is 3. The van der Waals surface area contributed by atoms with Gasteiger partial charge in [0.25, 0.3) is 0 Å². The van der Waals surface area contributed by atoms with Gasteiger partial charge < -0.3 is 19.4 Å². The van der Waals surface area contributed by atoms with E-state index in [9.17, 15) is 0 Å². The molecule has 0 spiro atoms. The highest BCUT2D eigenvalue weighted by Crippen LogP contribution is 2.49. The van der Waals surface area contributed by atoms with Crippen LogP contribution in [0.3, 0.4) is 0 Å². The summed E-state index contributed by atoms with van der Waals surface area (Å²) in [5, 5.41) is 0. The summed E-state index contributed by atoms with van der Waals surface area (Å²) in [4.78, 5) is 7.91. The average molecular weight is 392 g/mol. The number of para-hydroxylation sites is 2. The molecule has 0 aliphatic carbocycles. The number of likely N-dealkylation sites (tertiary alicyclic amines) is 1. The predicted octanol–water partition coefficient (Wildman–Crippen LogP) is 4.15. The molecule has 0 aromatic heterocycles. The molecule has 154 valence electrons. The van der Waals surface area contributed by atoms with Gasteiger partial charge in [0.15, 0.2) is 0 Å². The third kappa shape index (κ3) is 3.38. The molecule has 2 aromatic carbocycles. The molecule has 2 atom stereocenters. The Morgan fingerprint density at radius 3 is 2.83 bits per heavy atom. The molecule has 0 saturated carbocycles. The highest BCUT2D eigenvalue weighted by Gasteiger charge is 2.43. The van der Waals surface area contributed by atoms with Crippen LogP contribution in [0.5, 0.6) is 5.75 Å². The summed E-state index contributed by atoms with van der Waals surface area (Å²) in [7, 11) is 4.03. The van der Waals surface area contributed by atoms with E-state index in [4.69, 9.17) is 4.74 Å². The van der Waals surface area contributed by atoms with Gasteiger partial charge in [-0.25, -0.2) is 0 Å². The van der Waals surface area contributed by atoms with E-state index in [1.54, 1.807) is 18.4 Å². The standard InChI is InChI=1S/C25H33N3O/c1-26-14-7-16-28-22-13-17-27(15-6-9-19-8-3-4-12-24(19)29-2)18-21(22)20-10-5-11-23(26)25(20)28/h3-5,8,10-12,21-22H,6-7,9,13-18H2,1-2H3. The van der Waals surface area contributed by atoms with E-state index in [0.29, 0.717) is 12.0 Å². The molecular weight excluding hydrogens is 358 g/mol. The van der Waals surface area contributed by atoms with Crippen LogP contribution in [-0.2, 0) is 6.42 Å². The van der Waals surface area contributed by atoms with Crippen molar-refractivity contribution in [3.63, 3.8) is 0 Å². The second-order valence-electron chi connectivity index (χ2n) is 8.86. The van der Waals surface area contributed by atoms with Gasteiger partial charge in [0.05, 0.1) is 18.5 Å². The van der Waals surface area contributed by atoms with Crippen molar-refractivity contribution in [2.45, 2.75) is 37.6 Å². The maximum Gasteiger partial charge on any atom is 0.122 e. The van der Waals surface area contributed by atoms with Crippen LogP contribution >= 0.6 is 0 Å². The van der Waals surface area contributed by atoms with Gasteiger partial charge in [0.2, 0.25) is 0 Å². The van der Waals surface area contributed by atoms with E-state index in [2.05, 4.69) is 64.2 Å². The molecule has 5 rings (SSSR count). The lowest BCUT2D eigenvalue weighted by atomic mass is 9.88. The largest absolute Gasteiger partial charge is 0.496 e. The second kappa shape index (κ2) is 7.91. The Balaban J connectivity index is 1.28. The number of rotatable bonds is 5. The number of hydrogen-bond acceptors (Lipinski definition) is 4. The van der Waals surface area contributed by atoms with Crippen LogP contribution in [0, 0.1) is 0 Å². The lowest BCUT2D eigenvalue weighted by Gasteiger charge is -2.39. The molecule has 3 aliphatic rings. The summed E-state index contributed by atoms with van der Waals surface area (Å²) in [6.45, 7) is 5.98. The lowest BCUT2D eigenvalue weighted by Crippen LogP contribution is -2.46. The molecule has 2 unspecified atom stereocenters. The fraction of sp³-hybridized carbons (Fsp3) is 0.520. The topological polar surface area (TPSA) is 19.0 Å². The van der Waals surface area contributed by atoms with Crippen LogP contribution in [0.4, 0.5) is 11.4 Å². The number of hydrogen-bond donors (Lipinski definition) is 0. The summed E-state index contributed by atoms with van der Waals surface area (Å²) in [5.41, 5.74) is 5.91. The van der Waals surface area contributed by atoms with Crippen LogP contribution < -0.4 is 14.5 Å². The van der Waals surface area contributed by atoms with Gasteiger partial charge in [0, 0.05) is 45.2 Å². The minimum atomic E-state index is 0.663. The highest BCUT2D eigenvalue weighted by atomic mass is 16.5. The van der Waals surface area contributed by atoms with Crippen LogP contribution in [0.1, 0.15) is 36.3 Å². The minimum absolute atomic E-state index is 0.663. The molecule has 2 aromatic rings. The molecular formula is C25H33N3O. The molecule has 1 saturated heterocycles. The summed E-state index contributed by atoms with van der Waals surface area (Å²) in [6.07, 6.45) is 4.83. The van der Waals surface area contributed by atoms with Crippen molar-refractivity contribution in [2.75, 3.05) is 56.7 Å². The third-order valence-corrected chi connectivity index (χ3v) is 7.21. The molecule has 0 amide bonds. The Kier molecular flexibility index (Phi) is 5.13. The molecule has 0 radical (unpaired) electrons. The van der Waals surface area contributed by atoms with E-state index in [-0.39, 0.29) is 0 Å². The molecule has 0 N–H and O–H groups in total. The maximum absolute atomic E-state index is 5.52. The Morgan fingerprint density at radius 2 is 1.93 bits per heavy atom. The number of nitrogens with zero attached hydrogens (tertiary/aromatic N) is 3. The highest BCUT2D eigenvalue weighted by molar-refractivity contribution is 5.79. The third-order valence-electron chi connectivity index (χ3n) is 7.21. The first kappa shape index (κ1) is 18.8. The van der Waals surface area contributed by atoms with Crippen molar-refractivity contribution in [3.05, 3.63) is 53.6 Å². The number of benzene rings is 2. The number of anilines is 2. The molecule has 4 nitrogen and oxygen atoms in total. The van der Waals surface area contributed by atoms with E-state index in [1.807, 2.05) is 0 Å². The lowest BCUT2D eigenvalue weighted by molar-refractivity contribution is 0.191. The Bertz CT molecular complexity index is 867. The summed E-state index contributed by atoms with van der Waals surface area (Å²) in [6, 6.07) is 16.1. The van der Waals surface area contributed by atoms with Gasteiger partial charge >= 0.3 is 0 Å². The van der Waals surface area contributed by atoms with Crippen LogP contribution in [0.25, 0.3) is 0 Å². The molecule has 0 bridgehead atoms. The van der Waals surface area contributed by atoms with Gasteiger partial charge in [0.1, 0.15) is 5.75 Å². The molecule has 1 fully saturated rings. The van der Waals surface area contributed by atoms with Gasteiger partial charge in [-0.15, -0.1) is 0 Å². The zero-order valence-corrected chi connectivity index (χ0v) is 17.8. The number of methoxy groups -OCH3 is 1. The predicted molar refractivity (Wildman–Crippen MR) is 121 cm³/mol. The second-order valence-corrected chi connectivity index (χ2v) is 8.86. The van der Waals surface area contributed by atoms with E-state index < -0.39 is 0 Å². The van der Waals surface area contributed by atoms with E-state index in [1.165, 1.54) is 63.2 Å². The number of piperidine rings is 1. The van der Waals surface area contributed by atoms with Crippen molar-refractivity contribution in [3.8, 4) is 5.75 Å². The van der Waals surface area contributed by atoms with E-state index >= 15 is 0 Å². The van der Waals surface area contributed by atoms with Gasteiger partial charge in [-0.05, 0) is 55.5 Å². The zero-order valence-electron chi connectivity index (χ0n) is 17.8. The fourth-order valence-electron chi connectivity index (χ4n) is 5.80. The smallest absolute Gasteiger partial charge is 0.122 e. The van der Waals surface area contributed by atoms with Gasteiger partial charge in [-0.3, -0.25) is 0 Å². The first-order valence-electron chi connectivity index (χ1n) is 11.2. The van der Waals surface area contributed by atoms with Crippen LogP contribution in [0.2, 0.25) is 0 Å². The molecule has 3 aliphatic heterocycles. The Labute approximate surface area is 175 Å². The molecule has 29 heavy (non-hydrogen) atoms. The van der Waals surface area contributed by atoms with Crippen LogP contribution in [0.15, 0.2) is 42.5 Å². The quantitative estimate of drug-likeness (QED) is 0.762.